The molecular formula is C11H13ClF3N. The number of halogens is 4. The van der Waals surface area contributed by atoms with Crippen molar-refractivity contribution in [2.45, 2.75) is 32.0 Å². The third-order valence-corrected chi connectivity index (χ3v) is 2.54. The van der Waals surface area contributed by atoms with Gasteiger partial charge < -0.3 is 5.73 Å². The first-order valence-electron chi connectivity index (χ1n) is 4.92. The molecule has 0 heterocycles. The molecule has 0 aliphatic carbocycles. The molecule has 0 fully saturated rings. The van der Waals surface area contributed by atoms with E-state index in [1.807, 2.05) is 6.92 Å². The van der Waals surface area contributed by atoms with Gasteiger partial charge in [0, 0.05) is 6.04 Å². The molecular weight excluding hydrogens is 239 g/mol. The summed E-state index contributed by atoms with van der Waals surface area (Å²) in [5.74, 6) is 0. The molecule has 0 radical (unpaired) electrons. The topological polar surface area (TPSA) is 26.0 Å². The molecule has 90 valence electrons. The Hall–Kier alpha value is -0.740. The van der Waals surface area contributed by atoms with Gasteiger partial charge >= 0.3 is 6.18 Å². The summed E-state index contributed by atoms with van der Waals surface area (Å²) in [6.45, 7) is 1.85. The molecule has 0 aliphatic rings. The fraction of sp³-hybridized carbons (Fsp3) is 0.455. The first-order chi connectivity index (χ1) is 7.30. The maximum atomic E-state index is 12.4. The Morgan fingerprint density at radius 2 is 2.00 bits per heavy atom. The molecule has 1 aromatic rings. The lowest BCUT2D eigenvalue weighted by Crippen LogP contribution is -2.15. The minimum atomic E-state index is -4.39. The molecule has 1 rings (SSSR count). The summed E-state index contributed by atoms with van der Waals surface area (Å²) >= 11 is 5.58. The van der Waals surface area contributed by atoms with Crippen LogP contribution in [-0.2, 0) is 12.6 Å². The van der Waals surface area contributed by atoms with Crippen LogP contribution in [0, 0.1) is 0 Å². The third-order valence-electron chi connectivity index (χ3n) is 2.23. The largest absolute Gasteiger partial charge is 0.417 e. The summed E-state index contributed by atoms with van der Waals surface area (Å²) < 4.78 is 37.2. The molecule has 1 nitrogen and oxygen atoms in total. The van der Waals surface area contributed by atoms with Gasteiger partial charge in [0.1, 0.15) is 0 Å². The SMILES string of the molecule is C[C@@H](N)CCc1ccc(C(F)(F)F)c(Cl)c1. The maximum Gasteiger partial charge on any atom is 0.417 e. The first-order valence-corrected chi connectivity index (χ1v) is 5.29. The molecule has 16 heavy (non-hydrogen) atoms. The summed E-state index contributed by atoms with van der Waals surface area (Å²) in [5.41, 5.74) is 5.55. The number of benzene rings is 1. The van der Waals surface area contributed by atoms with Crippen LogP contribution in [0.3, 0.4) is 0 Å². The lowest BCUT2D eigenvalue weighted by molar-refractivity contribution is -0.137. The van der Waals surface area contributed by atoms with Crippen molar-refractivity contribution in [3.63, 3.8) is 0 Å². The zero-order valence-corrected chi connectivity index (χ0v) is 9.57. The quantitative estimate of drug-likeness (QED) is 0.872. The number of hydrogen-bond acceptors (Lipinski definition) is 1. The van der Waals surface area contributed by atoms with Crippen LogP contribution in [0.2, 0.25) is 5.02 Å². The standard InChI is InChI=1S/C11H13ClF3N/c1-7(16)2-3-8-4-5-9(10(12)6-8)11(13,14)15/h4-7H,2-3,16H2,1H3/t7-/m1/s1. The van der Waals surface area contributed by atoms with E-state index in [1.165, 1.54) is 12.1 Å². The Labute approximate surface area is 97.4 Å². The number of nitrogens with two attached hydrogens (primary N) is 1. The number of rotatable bonds is 3. The van der Waals surface area contributed by atoms with Gasteiger partial charge in [-0.25, -0.2) is 0 Å². The van der Waals surface area contributed by atoms with Gasteiger partial charge in [0.25, 0.3) is 0 Å². The average molecular weight is 252 g/mol. The van der Waals surface area contributed by atoms with E-state index < -0.39 is 11.7 Å². The summed E-state index contributed by atoms with van der Waals surface area (Å²) in [6.07, 6.45) is -3.03. The van der Waals surface area contributed by atoms with E-state index >= 15 is 0 Å². The van der Waals surface area contributed by atoms with E-state index in [2.05, 4.69) is 0 Å². The van der Waals surface area contributed by atoms with Crippen LogP contribution >= 0.6 is 11.6 Å². The highest BCUT2D eigenvalue weighted by molar-refractivity contribution is 6.31. The van der Waals surface area contributed by atoms with Crippen molar-refractivity contribution in [3.8, 4) is 0 Å². The second kappa shape index (κ2) is 5.06. The predicted molar refractivity (Wildman–Crippen MR) is 58.4 cm³/mol. The highest BCUT2D eigenvalue weighted by Crippen LogP contribution is 2.35. The van der Waals surface area contributed by atoms with Crippen LogP contribution < -0.4 is 5.73 Å². The number of aryl methyl sites for hydroxylation is 1. The number of alkyl halides is 3. The molecule has 0 spiro atoms. The minimum absolute atomic E-state index is 0.0288. The van der Waals surface area contributed by atoms with E-state index in [1.54, 1.807) is 0 Å². The molecule has 0 unspecified atom stereocenters. The summed E-state index contributed by atoms with van der Waals surface area (Å²) in [5, 5.41) is -0.255. The maximum absolute atomic E-state index is 12.4. The van der Waals surface area contributed by atoms with Crippen molar-refractivity contribution in [1.82, 2.24) is 0 Å². The molecule has 1 aromatic carbocycles. The van der Waals surface area contributed by atoms with Crippen LogP contribution in [0.25, 0.3) is 0 Å². The summed E-state index contributed by atoms with van der Waals surface area (Å²) in [6, 6.07) is 3.84. The average Bonchev–Trinajstić information content (AvgIpc) is 2.12. The Kier molecular flexibility index (Phi) is 4.21. The first kappa shape index (κ1) is 13.3. The van der Waals surface area contributed by atoms with Gasteiger partial charge in [-0.2, -0.15) is 13.2 Å². The Balaban J connectivity index is 2.83. The third kappa shape index (κ3) is 3.68. The lowest BCUT2D eigenvalue weighted by atomic mass is 10.0. The molecule has 0 amide bonds. The molecule has 0 aliphatic heterocycles. The Morgan fingerprint density at radius 3 is 2.44 bits per heavy atom. The van der Waals surface area contributed by atoms with Crippen LogP contribution in [0.1, 0.15) is 24.5 Å². The van der Waals surface area contributed by atoms with Gasteiger partial charge in [-0.1, -0.05) is 17.7 Å². The van der Waals surface area contributed by atoms with Crippen LogP contribution in [0.4, 0.5) is 13.2 Å². The highest BCUT2D eigenvalue weighted by Gasteiger charge is 2.32. The van der Waals surface area contributed by atoms with Gasteiger partial charge in [-0.05, 0) is 37.5 Å². The molecule has 2 N–H and O–H groups in total. The van der Waals surface area contributed by atoms with Gasteiger partial charge in [0.2, 0.25) is 0 Å². The van der Waals surface area contributed by atoms with E-state index in [0.29, 0.717) is 6.42 Å². The second-order valence-corrected chi connectivity index (χ2v) is 4.24. The molecule has 5 heteroatoms. The van der Waals surface area contributed by atoms with Crippen molar-refractivity contribution >= 4 is 11.6 Å². The van der Waals surface area contributed by atoms with Gasteiger partial charge in [-0.3, -0.25) is 0 Å². The van der Waals surface area contributed by atoms with Crippen molar-refractivity contribution in [1.29, 1.82) is 0 Å². The van der Waals surface area contributed by atoms with Crippen LogP contribution in [0.5, 0.6) is 0 Å². The molecule has 0 saturated carbocycles. The lowest BCUT2D eigenvalue weighted by Gasteiger charge is -2.11. The zero-order chi connectivity index (χ0) is 12.3. The molecule has 0 aromatic heterocycles. The normalized spacial score (nSPS) is 13.9. The van der Waals surface area contributed by atoms with E-state index in [0.717, 1.165) is 18.1 Å². The van der Waals surface area contributed by atoms with Crippen molar-refractivity contribution < 1.29 is 13.2 Å². The predicted octanol–water partition coefficient (Wildman–Crippen LogP) is 3.64. The monoisotopic (exact) mass is 251 g/mol. The highest BCUT2D eigenvalue weighted by atomic mass is 35.5. The van der Waals surface area contributed by atoms with Crippen LogP contribution in [-0.4, -0.2) is 6.04 Å². The van der Waals surface area contributed by atoms with Gasteiger partial charge in [0.05, 0.1) is 10.6 Å². The van der Waals surface area contributed by atoms with E-state index in [9.17, 15) is 13.2 Å². The van der Waals surface area contributed by atoms with Crippen molar-refractivity contribution in [3.05, 3.63) is 34.3 Å². The fourth-order valence-corrected chi connectivity index (χ4v) is 1.65. The molecule has 0 saturated heterocycles. The van der Waals surface area contributed by atoms with E-state index in [-0.39, 0.29) is 11.1 Å². The van der Waals surface area contributed by atoms with Crippen molar-refractivity contribution in [2.24, 2.45) is 5.73 Å². The summed E-state index contributed by atoms with van der Waals surface area (Å²) in [7, 11) is 0. The van der Waals surface area contributed by atoms with Gasteiger partial charge in [-0.15, -0.1) is 0 Å². The van der Waals surface area contributed by atoms with Crippen molar-refractivity contribution in [2.75, 3.05) is 0 Å². The Bertz CT molecular complexity index is 361. The van der Waals surface area contributed by atoms with Gasteiger partial charge in [0.15, 0.2) is 0 Å². The van der Waals surface area contributed by atoms with Crippen LogP contribution in [0.15, 0.2) is 18.2 Å². The zero-order valence-electron chi connectivity index (χ0n) is 8.81. The Morgan fingerprint density at radius 1 is 1.38 bits per heavy atom. The number of hydrogen-bond donors (Lipinski definition) is 1. The molecule has 0 bridgehead atoms. The molecule has 1 atom stereocenters. The van der Waals surface area contributed by atoms with E-state index in [4.69, 9.17) is 17.3 Å². The fourth-order valence-electron chi connectivity index (χ4n) is 1.34. The second-order valence-electron chi connectivity index (χ2n) is 3.83. The summed E-state index contributed by atoms with van der Waals surface area (Å²) in [4.78, 5) is 0. The smallest absolute Gasteiger partial charge is 0.328 e. The minimum Gasteiger partial charge on any atom is -0.328 e.